The summed E-state index contributed by atoms with van der Waals surface area (Å²) in [5.74, 6) is -2.42. The molecule has 0 aliphatic rings. The average molecular weight is 253 g/mol. The first-order valence-electron chi connectivity index (χ1n) is 4.84. The number of anilines is 1. The van der Waals surface area contributed by atoms with Crippen molar-refractivity contribution in [1.29, 1.82) is 0 Å². The summed E-state index contributed by atoms with van der Waals surface area (Å²) in [6.45, 7) is -0.726. The molecule has 0 radical (unpaired) electrons. The van der Waals surface area contributed by atoms with Crippen LogP contribution >= 0.6 is 0 Å². The van der Waals surface area contributed by atoms with Gasteiger partial charge in [0.25, 0.3) is 5.91 Å². The Labute approximate surface area is 101 Å². The van der Waals surface area contributed by atoms with E-state index in [1.54, 1.807) is 0 Å². The van der Waals surface area contributed by atoms with Crippen LogP contribution in [0.3, 0.4) is 0 Å². The maximum absolute atomic E-state index is 11.2. The second kappa shape index (κ2) is 6.13. The molecule has 18 heavy (non-hydrogen) atoms. The molecule has 1 aromatic heterocycles. The lowest BCUT2D eigenvalue weighted by molar-refractivity contribution is -0.137. The lowest BCUT2D eigenvalue weighted by atomic mass is 10.4. The Kier molecular flexibility index (Phi) is 4.55. The molecule has 0 aromatic carbocycles. The number of amides is 2. The molecule has 0 saturated heterocycles. The SMILES string of the molecule is NC(=O)c1nccnc1NCC(=O)NCC(=O)O. The highest BCUT2D eigenvalue weighted by Crippen LogP contribution is 2.06. The molecular weight excluding hydrogens is 242 g/mol. The lowest BCUT2D eigenvalue weighted by Gasteiger charge is -2.07. The average Bonchev–Trinajstić information content (AvgIpc) is 2.34. The van der Waals surface area contributed by atoms with Crippen molar-refractivity contribution in [2.45, 2.75) is 0 Å². The summed E-state index contributed by atoms with van der Waals surface area (Å²) < 4.78 is 0. The fourth-order valence-electron chi connectivity index (χ4n) is 1.05. The van der Waals surface area contributed by atoms with Gasteiger partial charge in [-0.3, -0.25) is 14.4 Å². The zero-order chi connectivity index (χ0) is 13.5. The van der Waals surface area contributed by atoms with Gasteiger partial charge in [0.15, 0.2) is 11.5 Å². The topological polar surface area (TPSA) is 147 Å². The molecule has 0 bridgehead atoms. The van der Waals surface area contributed by atoms with E-state index in [4.69, 9.17) is 10.8 Å². The van der Waals surface area contributed by atoms with Crippen molar-refractivity contribution >= 4 is 23.6 Å². The van der Waals surface area contributed by atoms with E-state index in [9.17, 15) is 14.4 Å². The second-order valence-corrected chi connectivity index (χ2v) is 3.14. The van der Waals surface area contributed by atoms with E-state index < -0.39 is 24.3 Å². The van der Waals surface area contributed by atoms with Crippen LogP contribution in [0.1, 0.15) is 10.5 Å². The molecule has 9 nitrogen and oxygen atoms in total. The second-order valence-electron chi connectivity index (χ2n) is 3.14. The number of aromatic nitrogens is 2. The predicted molar refractivity (Wildman–Crippen MR) is 59.7 cm³/mol. The van der Waals surface area contributed by atoms with Gasteiger partial charge in [-0.25, -0.2) is 9.97 Å². The fraction of sp³-hybridized carbons (Fsp3) is 0.222. The minimum absolute atomic E-state index is 0.0653. The van der Waals surface area contributed by atoms with Crippen molar-refractivity contribution in [2.75, 3.05) is 18.4 Å². The summed E-state index contributed by atoms with van der Waals surface area (Å²) in [5, 5.41) is 13.0. The number of nitrogens with one attached hydrogen (secondary N) is 2. The van der Waals surface area contributed by atoms with Crippen LogP contribution in [0.4, 0.5) is 5.82 Å². The molecule has 1 heterocycles. The van der Waals surface area contributed by atoms with Gasteiger partial charge in [-0.1, -0.05) is 0 Å². The maximum atomic E-state index is 11.2. The van der Waals surface area contributed by atoms with E-state index in [-0.39, 0.29) is 18.1 Å². The van der Waals surface area contributed by atoms with Crippen molar-refractivity contribution in [3.63, 3.8) is 0 Å². The maximum Gasteiger partial charge on any atom is 0.322 e. The van der Waals surface area contributed by atoms with Crippen molar-refractivity contribution in [3.8, 4) is 0 Å². The van der Waals surface area contributed by atoms with Gasteiger partial charge in [0.05, 0.1) is 6.54 Å². The van der Waals surface area contributed by atoms with Crippen molar-refractivity contribution < 1.29 is 19.5 Å². The van der Waals surface area contributed by atoms with Crippen LogP contribution in [0.2, 0.25) is 0 Å². The Balaban J connectivity index is 2.56. The summed E-state index contributed by atoms with van der Waals surface area (Å²) in [5.41, 5.74) is 4.97. The van der Waals surface area contributed by atoms with Crippen molar-refractivity contribution in [1.82, 2.24) is 15.3 Å². The third kappa shape index (κ3) is 4.04. The van der Waals surface area contributed by atoms with E-state index >= 15 is 0 Å². The Morgan fingerprint density at radius 3 is 2.50 bits per heavy atom. The molecule has 0 aliphatic carbocycles. The number of carbonyl (C=O) groups excluding carboxylic acids is 2. The smallest absolute Gasteiger partial charge is 0.322 e. The highest BCUT2D eigenvalue weighted by molar-refractivity contribution is 5.96. The highest BCUT2D eigenvalue weighted by Gasteiger charge is 2.11. The first-order chi connectivity index (χ1) is 8.50. The minimum Gasteiger partial charge on any atom is -0.480 e. The molecule has 0 saturated carbocycles. The zero-order valence-corrected chi connectivity index (χ0v) is 9.21. The van der Waals surface area contributed by atoms with Crippen molar-refractivity contribution in [3.05, 3.63) is 18.1 Å². The molecule has 0 atom stereocenters. The summed E-state index contributed by atoms with van der Waals surface area (Å²) in [6.07, 6.45) is 2.61. The number of carboxylic acid groups (broad SMARTS) is 1. The summed E-state index contributed by atoms with van der Waals surface area (Å²) in [4.78, 5) is 39.9. The number of nitrogens with zero attached hydrogens (tertiary/aromatic N) is 2. The van der Waals surface area contributed by atoms with Crippen LogP contribution in [0.15, 0.2) is 12.4 Å². The Hall–Kier alpha value is -2.71. The molecule has 0 aliphatic heterocycles. The normalized spacial score (nSPS) is 9.56. The summed E-state index contributed by atoms with van der Waals surface area (Å²) in [7, 11) is 0. The molecular formula is C9H11N5O4. The molecule has 1 rings (SSSR count). The largest absolute Gasteiger partial charge is 0.480 e. The number of nitrogens with two attached hydrogens (primary N) is 1. The lowest BCUT2D eigenvalue weighted by Crippen LogP contribution is -2.34. The quantitative estimate of drug-likeness (QED) is 0.467. The van der Waals surface area contributed by atoms with Gasteiger partial charge in [0.2, 0.25) is 5.91 Å². The van der Waals surface area contributed by atoms with Crippen molar-refractivity contribution in [2.24, 2.45) is 5.73 Å². The Morgan fingerprint density at radius 1 is 1.22 bits per heavy atom. The number of rotatable bonds is 6. The van der Waals surface area contributed by atoms with Crippen LogP contribution in [-0.2, 0) is 9.59 Å². The van der Waals surface area contributed by atoms with Gasteiger partial charge in [-0.05, 0) is 0 Å². The van der Waals surface area contributed by atoms with Crippen LogP contribution in [0.25, 0.3) is 0 Å². The third-order valence-corrected chi connectivity index (χ3v) is 1.78. The molecule has 96 valence electrons. The van der Waals surface area contributed by atoms with Crippen LogP contribution in [-0.4, -0.2) is 45.9 Å². The van der Waals surface area contributed by atoms with E-state index in [1.165, 1.54) is 12.4 Å². The van der Waals surface area contributed by atoms with Gasteiger partial charge in [-0.2, -0.15) is 0 Å². The number of hydrogen-bond donors (Lipinski definition) is 4. The van der Waals surface area contributed by atoms with Crippen LogP contribution < -0.4 is 16.4 Å². The Morgan fingerprint density at radius 2 is 1.89 bits per heavy atom. The molecule has 0 unspecified atom stereocenters. The summed E-state index contributed by atoms with van der Waals surface area (Å²) in [6, 6.07) is 0. The molecule has 9 heteroatoms. The first-order valence-corrected chi connectivity index (χ1v) is 4.84. The predicted octanol–water partition coefficient (Wildman–Crippen LogP) is -1.81. The minimum atomic E-state index is -1.15. The number of hydrogen-bond acceptors (Lipinski definition) is 6. The highest BCUT2D eigenvalue weighted by atomic mass is 16.4. The number of carbonyl (C=O) groups is 3. The van der Waals surface area contributed by atoms with E-state index in [1.807, 2.05) is 0 Å². The van der Waals surface area contributed by atoms with Gasteiger partial charge >= 0.3 is 5.97 Å². The molecule has 0 spiro atoms. The third-order valence-electron chi connectivity index (χ3n) is 1.78. The Bertz CT molecular complexity index is 476. The van der Waals surface area contributed by atoms with Gasteiger partial charge < -0.3 is 21.5 Å². The fourth-order valence-corrected chi connectivity index (χ4v) is 1.05. The van der Waals surface area contributed by atoms with E-state index in [0.717, 1.165) is 0 Å². The summed E-state index contributed by atoms with van der Waals surface area (Å²) >= 11 is 0. The standard InChI is InChI=1S/C9H11N5O4/c10-8(18)7-9(12-2-1-11-7)14-3-5(15)13-4-6(16)17/h1-2H,3-4H2,(H2,10,18)(H,12,14)(H,13,15)(H,16,17). The zero-order valence-electron chi connectivity index (χ0n) is 9.21. The van der Waals surface area contributed by atoms with Gasteiger partial charge in [0, 0.05) is 12.4 Å². The number of primary amides is 1. The van der Waals surface area contributed by atoms with Crippen LogP contribution in [0.5, 0.6) is 0 Å². The number of aliphatic carboxylic acids is 1. The molecule has 2 amide bonds. The van der Waals surface area contributed by atoms with E-state index in [0.29, 0.717) is 0 Å². The van der Waals surface area contributed by atoms with Crippen LogP contribution in [0, 0.1) is 0 Å². The first kappa shape index (κ1) is 13.4. The molecule has 5 N–H and O–H groups in total. The molecule has 0 fully saturated rings. The number of carboxylic acids is 1. The monoisotopic (exact) mass is 253 g/mol. The molecule has 1 aromatic rings. The van der Waals surface area contributed by atoms with Gasteiger partial charge in [-0.15, -0.1) is 0 Å². The van der Waals surface area contributed by atoms with E-state index in [2.05, 4.69) is 20.6 Å². The van der Waals surface area contributed by atoms with Gasteiger partial charge in [0.1, 0.15) is 6.54 Å².